The van der Waals surface area contributed by atoms with Crippen LogP contribution in [0.1, 0.15) is 79.6 Å². The van der Waals surface area contributed by atoms with Gasteiger partial charge >= 0.3 is 0 Å². The van der Waals surface area contributed by atoms with Crippen LogP contribution in [0.2, 0.25) is 0 Å². The fraction of sp³-hybridized carbons (Fsp3) is 1.00. The molecule has 2 saturated carbocycles. The van der Waals surface area contributed by atoms with Crippen molar-refractivity contribution in [3.05, 3.63) is 0 Å². The third-order valence-electron chi connectivity index (χ3n) is 7.17. The number of unbranched alkanes of at least 4 members (excludes halogenated alkanes) is 1. The zero-order valence-corrected chi connectivity index (χ0v) is 22.0. The molecule has 0 bridgehead atoms. The van der Waals surface area contributed by atoms with Crippen LogP contribution in [-0.2, 0) is 4.74 Å². The maximum absolute atomic E-state index is 4.78. The fourth-order valence-electron chi connectivity index (χ4n) is 4.73. The summed E-state index contributed by atoms with van der Waals surface area (Å²) in [5.74, 6) is 4.03. The molecule has 0 aromatic carbocycles. The van der Waals surface area contributed by atoms with Crippen molar-refractivity contribution in [3.8, 4) is 0 Å². The topological polar surface area (TPSA) is 19.0 Å². The summed E-state index contributed by atoms with van der Waals surface area (Å²) < 4.78 is 4.78. The summed E-state index contributed by atoms with van der Waals surface area (Å²) >= 11 is 0. The summed E-state index contributed by atoms with van der Waals surface area (Å²) in [4.78, 5) is 7.69. The number of ether oxygens (including phenoxy) is 1. The Hall–Kier alpha value is -0.160. The maximum atomic E-state index is 4.78. The van der Waals surface area contributed by atoms with Crippen molar-refractivity contribution < 1.29 is 4.74 Å². The van der Waals surface area contributed by atoms with E-state index in [-0.39, 0.29) is 0 Å². The highest BCUT2D eigenvalue weighted by molar-refractivity contribution is 4.91. The molecule has 0 spiro atoms. The monoisotopic (exact) mass is 437 g/mol. The first-order valence-electron chi connectivity index (χ1n) is 13.6. The van der Waals surface area contributed by atoms with Gasteiger partial charge in [-0.3, -0.25) is 4.90 Å². The van der Waals surface area contributed by atoms with Gasteiger partial charge in [-0.25, -0.2) is 0 Å². The average molecular weight is 438 g/mol. The Kier molecular flexibility index (Phi) is 13.0. The number of hydrogen-bond acceptors (Lipinski definition) is 4. The molecule has 3 saturated heterocycles. The molecule has 1 atom stereocenters. The van der Waals surface area contributed by atoms with Gasteiger partial charge in [0, 0.05) is 59.0 Å². The standard InChI is InChI=1S/C8H15N.C7H13N.C7H15N.C5H12O/c1-7-4-9(5-7)6-8-2-3-8;1-6-4-8(5-6)7-2-3-7;1-3-8-5-4-7(2)6-8;1-3-4-5-6-2/h7-8H,2-6H2,1H3;6-7H,2-5H2,1H3;7H,3-6H2,1-2H3;3-5H2,1-2H3. The molecule has 0 aromatic heterocycles. The van der Waals surface area contributed by atoms with Gasteiger partial charge in [0.1, 0.15) is 0 Å². The summed E-state index contributed by atoms with van der Waals surface area (Å²) in [6, 6.07) is 1.02. The van der Waals surface area contributed by atoms with E-state index in [1.807, 2.05) is 0 Å². The first kappa shape index (κ1) is 27.1. The molecule has 0 radical (unpaired) electrons. The van der Waals surface area contributed by atoms with Crippen LogP contribution in [0.4, 0.5) is 0 Å². The number of rotatable bonds is 7. The molecule has 5 fully saturated rings. The van der Waals surface area contributed by atoms with Crippen molar-refractivity contribution in [2.24, 2.45) is 23.7 Å². The Morgan fingerprint density at radius 1 is 0.742 bits per heavy atom. The van der Waals surface area contributed by atoms with Crippen molar-refractivity contribution in [2.75, 3.05) is 66.1 Å². The van der Waals surface area contributed by atoms with Crippen molar-refractivity contribution in [1.29, 1.82) is 0 Å². The van der Waals surface area contributed by atoms with Crippen LogP contribution in [0.25, 0.3) is 0 Å². The summed E-state index contributed by atoms with van der Waals surface area (Å²) in [5, 5.41) is 0. The lowest BCUT2D eigenvalue weighted by Gasteiger charge is -2.37. The van der Waals surface area contributed by atoms with Gasteiger partial charge in [-0.1, -0.05) is 41.0 Å². The van der Waals surface area contributed by atoms with Crippen LogP contribution in [0.15, 0.2) is 0 Å². The largest absolute Gasteiger partial charge is 0.385 e. The summed E-state index contributed by atoms with van der Waals surface area (Å²) in [7, 11) is 1.73. The first-order valence-corrected chi connectivity index (χ1v) is 13.6. The van der Waals surface area contributed by atoms with Gasteiger partial charge in [0.15, 0.2) is 0 Å². The van der Waals surface area contributed by atoms with Crippen LogP contribution < -0.4 is 0 Å². The molecule has 5 aliphatic rings. The lowest BCUT2D eigenvalue weighted by molar-refractivity contribution is 0.104. The van der Waals surface area contributed by atoms with E-state index in [4.69, 9.17) is 4.74 Å². The molecule has 2 aliphatic carbocycles. The highest BCUT2D eigenvalue weighted by atomic mass is 16.5. The SMILES string of the molecule is CC1CN(C2CC2)C1.CC1CN(CC2CC2)C1.CCCCOC.CCN1CCC(C)C1. The highest BCUT2D eigenvalue weighted by Crippen LogP contribution is 2.32. The van der Waals surface area contributed by atoms with Crippen LogP contribution in [0.5, 0.6) is 0 Å². The molecular formula is C27H55N3O. The number of methoxy groups -OCH3 is 1. The zero-order chi connectivity index (χ0) is 22.6. The van der Waals surface area contributed by atoms with E-state index in [1.165, 1.54) is 97.3 Å². The zero-order valence-electron chi connectivity index (χ0n) is 22.0. The van der Waals surface area contributed by atoms with E-state index in [0.29, 0.717) is 0 Å². The van der Waals surface area contributed by atoms with Gasteiger partial charge in [-0.05, 0) is 75.3 Å². The second-order valence-corrected chi connectivity index (χ2v) is 11.2. The molecule has 184 valence electrons. The molecule has 1 unspecified atom stereocenters. The summed E-state index contributed by atoms with van der Waals surface area (Å²) in [6.07, 6.45) is 9.80. The molecule has 31 heavy (non-hydrogen) atoms. The molecule has 0 N–H and O–H groups in total. The van der Waals surface area contributed by atoms with Crippen LogP contribution in [-0.4, -0.2) is 86.8 Å². The Morgan fingerprint density at radius 2 is 1.35 bits per heavy atom. The number of nitrogens with zero attached hydrogens (tertiary/aromatic N) is 3. The molecule has 3 heterocycles. The first-order chi connectivity index (χ1) is 14.9. The molecule has 0 aromatic rings. The predicted molar refractivity (Wildman–Crippen MR) is 135 cm³/mol. The van der Waals surface area contributed by atoms with E-state index >= 15 is 0 Å². The second-order valence-electron chi connectivity index (χ2n) is 11.2. The van der Waals surface area contributed by atoms with Crippen molar-refractivity contribution in [2.45, 2.75) is 85.6 Å². The molecule has 4 nitrogen and oxygen atoms in total. The van der Waals surface area contributed by atoms with Gasteiger partial charge in [0.25, 0.3) is 0 Å². The van der Waals surface area contributed by atoms with E-state index < -0.39 is 0 Å². The predicted octanol–water partition coefficient (Wildman–Crippen LogP) is 5.23. The third kappa shape index (κ3) is 12.0. The minimum absolute atomic E-state index is 0.913. The normalized spacial score (nSPS) is 27.1. The quantitative estimate of drug-likeness (QED) is 0.508. The van der Waals surface area contributed by atoms with Gasteiger partial charge in [0.2, 0.25) is 0 Å². The van der Waals surface area contributed by atoms with Crippen molar-refractivity contribution in [1.82, 2.24) is 14.7 Å². The van der Waals surface area contributed by atoms with Gasteiger partial charge in [-0.15, -0.1) is 0 Å². The van der Waals surface area contributed by atoms with Gasteiger partial charge in [-0.2, -0.15) is 0 Å². The van der Waals surface area contributed by atoms with E-state index in [0.717, 1.165) is 36.3 Å². The van der Waals surface area contributed by atoms with E-state index in [9.17, 15) is 0 Å². The lowest BCUT2D eigenvalue weighted by atomic mass is 10.0. The molecular weight excluding hydrogens is 382 g/mol. The van der Waals surface area contributed by atoms with Crippen LogP contribution in [0.3, 0.4) is 0 Å². The van der Waals surface area contributed by atoms with E-state index in [1.54, 1.807) is 7.11 Å². The second kappa shape index (κ2) is 14.9. The summed E-state index contributed by atoms with van der Waals surface area (Å²) in [5.41, 5.74) is 0. The Morgan fingerprint density at radius 3 is 1.68 bits per heavy atom. The van der Waals surface area contributed by atoms with Crippen molar-refractivity contribution >= 4 is 0 Å². The maximum Gasteiger partial charge on any atom is 0.0462 e. The summed E-state index contributed by atoms with van der Waals surface area (Å²) in [6.45, 7) is 23.1. The fourth-order valence-corrected chi connectivity index (χ4v) is 4.73. The van der Waals surface area contributed by atoms with E-state index in [2.05, 4.69) is 49.3 Å². The molecule has 4 heteroatoms. The minimum atomic E-state index is 0.913. The third-order valence-corrected chi connectivity index (χ3v) is 7.17. The van der Waals surface area contributed by atoms with Crippen LogP contribution in [0, 0.1) is 23.7 Å². The Bertz CT molecular complexity index is 436. The lowest BCUT2D eigenvalue weighted by Crippen LogP contribution is -2.46. The van der Waals surface area contributed by atoms with Gasteiger partial charge < -0.3 is 14.5 Å². The molecule has 3 aliphatic heterocycles. The minimum Gasteiger partial charge on any atom is -0.385 e. The molecule has 0 amide bonds. The Labute approximate surface area is 195 Å². The smallest absolute Gasteiger partial charge is 0.0462 e. The van der Waals surface area contributed by atoms with Crippen LogP contribution >= 0.6 is 0 Å². The van der Waals surface area contributed by atoms with Gasteiger partial charge in [0.05, 0.1) is 0 Å². The average Bonchev–Trinajstić information content (AvgIpc) is 3.64. The Balaban J connectivity index is 0.000000149. The highest BCUT2D eigenvalue weighted by Gasteiger charge is 2.35. The van der Waals surface area contributed by atoms with Crippen molar-refractivity contribution in [3.63, 3.8) is 0 Å². The number of likely N-dealkylation sites (tertiary alicyclic amines) is 3. The number of hydrogen-bond donors (Lipinski definition) is 0. The molecule has 5 rings (SSSR count).